The smallest absolute Gasteiger partial charge is 0.101 e. The highest BCUT2D eigenvalue weighted by atomic mass is 15.0. The lowest BCUT2D eigenvalue weighted by Crippen LogP contribution is -1.97. The van der Waals surface area contributed by atoms with Crippen LogP contribution in [0, 0.1) is 22.7 Å². The van der Waals surface area contributed by atoms with Crippen LogP contribution in [0.5, 0.6) is 0 Å². The Kier molecular flexibility index (Phi) is 3.60. The molecule has 0 fully saturated rings. The van der Waals surface area contributed by atoms with Crippen LogP contribution in [0.3, 0.4) is 0 Å². The van der Waals surface area contributed by atoms with Crippen molar-refractivity contribution in [2.24, 2.45) is 7.05 Å². The Morgan fingerprint density at radius 2 is 1.52 bits per heavy atom. The van der Waals surface area contributed by atoms with Gasteiger partial charge in [0.2, 0.25) is 0 Å². The van der Waals surface area contributed by atoms with E-state index in [4.69, 9.17) is 0 Å². The summed E-state index contributed by atoms with van der Waals surface area (Å²) in [4.78, 5) is 0. The number of rotatable bonds is 1. The zero-order chi connectivity index (χ0) is 21.1. The van der Waals surface area contributed by atoms with E-state index in [2.05, 4.69) is 58.7 Å². The van der Waals surface area contributed by atoms with Crippen molar-refractivity contribution in [3.05, 3.63) is 83.1 Å². The predicted octanol–water partition coefficient (Wildman–Crippen LogP) is 5.98. The molecule has 0 spiro atoms. The molecule has 0 amide bonds. The van der Waals surface area contributed by atoms with Crippen molar-refractivity contribution < 1.29 is 0 Å². The van der Waals surface area contributed by atoms with Gasteiger partial charge in [-0.15, -0.1) is 0 Å². The van der Waals surface area contributed by atoms with E-state index in [1.165, 1.54) is 22.2 Å². The summed E-state index contributed by atoms with van der Waals surface area (Å²) in [5.41, 5.74) is 7.72. The van der Waals surface area contributed by atoms with E-state index in [1.807, 2.05) is 36.4 Å². The molecule has 0 saturated heterocycles. The Balaban J connectivity index is 1.79. The zero-order valence-corrected chi connectivity index (χ0v) is 17.1. The molecule has 5 aromatic rings. The summed E-state index contributed by atoms with van der Waals surface area (Å²) in [6, 6.07) is 22.7. The molecule has 0 radical (unpaired) electrons. The lowest BCUT2D eigenvalue weighted by molar-refractivity contribution is 0.908. The summed E-state index contributed by atoms with van der Waals surface area (Å²) in [6.45, 7) is 0. The average Bonchev–Trinajstić information content (AvgIpc) is 3.31. The van der Waals surface area contributed by atoms with Crippen molar-refractivity contribution in [3.8, 4) is 17.8 Å². The fourth-order valence-electron chi connectivity index (χ4n) is 5.12. The molecule has 0 N–H and O–H groups in total. The van der Waals surface area contributed by atoms with E-state index >= 15 is 0 Å². The van der Waals surface area contributed by atoms with Crippen molar-refractivity contribution in [3.63, 3.8) is 0 Å². The lowest BCUT2D eigenvalue weighted by Gasteiger charge is -2.11. The van der Waals surface area contributed by atoms with E-state index in [1.54, 1.807) is 0 Å². The van der Waals surface area contributed by atoms with Crippen LogP contribution in [0.2, 0.25) is 0 Å². The minimum Gasteiger partial charge on any atom is -0.344 e. The molecule has 146 valence electrons. The second-order valence-electron chi connectivity index (χ2n) is 8.03. The van der Waals surface area contributed by atoms with Crippen molar-refractivity contribution >= 4 is 38.8 Å². The van der Waals surface area contributed by atoms with Gasteiger partial charge in [0.25, 0.3) is 0 Å². The molecule has 1 aliphatic rings. The summed E-state index contributed by atoms with van der Waals surface area (Å²) in [5.74, 6) is 0. The molecular weight excluding hydrogens is 380 g/mol. The number of aromatic nitrogens is 2. The Morgan fingerprint density at radius 3 is 2.16 bits per heavy atom. The first kappa shape index (κ1) is 17.6. The number of nitrogens with zero attached hydrogens (tertiary/aromatic N) is 4. The Hall–Kier alpha value is -4.28. The monoisotopic (exact) mass is 398 g/mol. The van der Waals surface area contributed by atoms with Gasteiger partial charge in [-0.1, -0.05) is 30.3 Å². The van der Waals surface area contributed by atoms with E-state index in [-0.39, 0.29) is 0 Å². The standard InChI is InChI=1S/C27H18N4/c1-30-24-11-3-2-8-20(24)23-14-19(12-13-25(23)30)31-26-17(15-28)6-4-9-21(26)22-10-5-7-18(16-29)27(22)31/h3-7,9-14H,2,8H2,1H3. The van der Waals surface area contributed by atoms with E-state index in [0.29, 0.717) is 11.1 Å². The highest BCUT2D eigenvalue weighted by molar-refractivity contribution is 6.12. The Bertz CT molecular complexity index is 1590. The van der Waals surface area contributed by atoms with Crippen molar-refractivity contribution in [1.82, 2.24) is 9.13 Å². The van der Waals surface area contributed by atoms with E-state index in [0.717, 1.165) is 40.3 Å². The molecule has 31 heavy (non-hydrogen) atoms. The summed E-state index contributed by atoms with van der Waals surface area (Å²) in [7, 11) is 2.11. The first-order valence-corrected chi connectivity index (χ1v) is 10.4. The average molecular weight is 398 g/mol. The predicted molar refractivity (Wildman–Crippen MR) is 124 cm³/mol. The van der Waals surface area contributed by atoms with Crippen molar-refractivity contribution in [2.45, 2.75) is 12.8 Å². The minimum atomic E-state index is 0.607. The minimum absolute atomic E-state index is 0.607. The third-order valence-electron chi connectivity index (χ3n) is 6.48. The Labute approximate surface area is 179 Å². The van der Waals surface area contributed by atoms with Gasteiger partial charge >= 0.3 is 0 Å². The maximum Gasteiger partial charge on any atom is 0.101 e. The number of allylic oxidation sites excluding steroid dienone is 1. The molecule has 4 nitrogen and oxygen atoms in total. The maximum absolute atomic E-state index is 9.85. The van der Waals surface area contributed by atoms with Crippen LogP contribution < -0.4 is 0 Å². The van der Waals surface area contributed by atoms with Crippen molar-refractivity contribution in [2.75, 3.05) is 0 Å². The summed E-state index contributed by atoms with van der Waals surface area (Å²) < 4.78 is 4.34. The largest absolute Gasteiger partial charge is 0.344 e. The Morgan fingerprint density at radius 1 is 0.839 bits per heavy atom. The maximum atomic E-state index is 9.85. The summed E-state index contributed by atoms with van der Waals surface area (Å²) in [5, 5.41) is 22.9. The van der Waals surface area contributed by atoms with Crippen LogP contribution in [0.25, 0.3) is 44.5 Å². The van der Waals surface area contributed by atoms with Crippen LogP contribution in [0.1, 0.15) is 28.8 Å². The summed E-state index contributed by atoms with van der Waals surface area (Å²) in [6.07, 6.45) is 6.50. The molecule has 1 aliphatic carbocycles. The quantitative estimate of drug-likeness (QED) is 0.349. The second-order valence-corrected chi connectivity index (χ2v) is 8.03. The molecule has 2 heterocycles. The molecular formula is C27H18N4. The molecule has 0 atom stereocenters. The van der Waals surface area contributed by atoms with Gasteiger partial charge in [-0.3, -0.25) is 0 Å². The molecule has 0 aliphatic heterocycles. The van der Waals surface area contributed by atoms with Gasteiger partial charge in [0.15, 0.2) is 0 Å². The third-order valence-corrected chi connectivity index (χ3v) is 6.48. The van der Waals surface area contributed by atoms with Gasteiger partial charge in [-0.25, -0.2) is 0 Å². The number of benzene rings is 3. The number of nitriles is 2. The second kappa shape index (κ2) is 6.36. The van der Waals surface area contributed by atoms with Gasteiger partial charge in [-0.2, -0.15) is 10.5 Å². The van der Waals surface area contributed by atoms with Gasteiger partial charge in [0.05, 0.1) is 22.2 Å². The van der Waals surface area contributed by atoms with E-state index in [9.17, 15) is 10.5 Å². The first-order valence-electron chi connectivity index (χ1n) is 10.4. The van der Waals surface area contributed by atoms with Crippen LogP contribution in [-0.4, -0.2) is 9.13 Å². The molecule has 0 unspecified atom stereocenters. The first-order chi connectivity index (χ1) is 15.2. The van der Waals surface area contributed by atoms with Crippen molar-refractivity contribution in [1.29, 1.82) is 10.5 Å². The summed E-state index contributed by atoms with van der Waals surface area (Å²) >= 11 is 0. The fourth-order valence-corrected chi connectivity index (χ4v) is 5.12. The molecule has 0 bridgehead atoms. The van der Waals surface area contributed by atoms with Crippen LogP contribution in [0.4, 0.5) is 0 Å². The zero-order valence-electron chi connectivity index (χ0n) is 17.1. The number of hydrogen-bond acceptors (Lipinski definition) is 2. The topological polar surface area (TPSA) is 57.4 Å². The normalized spacial score (nSPS) is 12.9. The third kappa shape index (κ3) is 2.28. The van der Waals surface area contributed by atoms with Gasteiger partial charge in [-0.05, 0) is 54.8 Å². The van der Waals surface area contributed by atoms with Crippen LogP contribution in [0.15, 0.2) is 60.7 Å². The van der Waals surface area contributed by atoms with Crippen LogP contribution in [-0.2, 0) is 13.5 Å². The SMILES string of the molecule is Cn1c2c(c3cc(-n4c5c(C#N)cccc5c5cccc(C#N)c54)ccc31)CCC=C2. The number of para-hydroxylation sites is 2. The number of hydrogen-bond donors (Lipinski definition) is 0. The van der Waals surface area contributed by atoms with Gasteiger partial charge in [0, 0.05) is 40.1 Å². The lowest BCUT2D eigenvalue weighted by atomic mass is 10.0. The number of fused-ring (bicyclic) bond motifs is 6. The fraction of sp³-hybridized carbons (Fsp3) is 0.111. The highest BCUT2D eigenvalue weighted by Crippen LogP contribution is 2.38. The molecule has 4 heteroatoms. The molecule has 2 aromatic heterocycles. The molecule has 0 saturated carbocycles. The highest BCUT2D eigenvalue weighted by Gasteiger charge is 2.20. The van der Waals surface area contributed by atoms with Gasteiger partial charge in [0.1, 0.15) is 12.1 Å². The molecule has 3 aromatic carbocycles. The number of aryl methyl sites for hydroxylation is 2. The van der Waals surface area contributed by atoms with Crippen LogP contribution >= 0.6 is 0 Å². The van der Waals surface area contributed by atoms with Gasteiger partial charge < -0.3 is 9.13 Å². The molecule has 6 rings (SSSR count). The van der Waals surface area contributed by atoms with E-state index < -0.39 is 0 Å².